The summed E-state index contributed by atoms with van der Waals surface area (Å²) in [5.74, 6) is 0.485. The number of carbonyl (C=O) groups is 1. The van der Waals surface area contributed by atoms with Crippen LogP contribution in [0.1, 0.15) is 29.8 Å². The van der Waals surface area contributed by atoms with Gasteiger partial charge in [0.2, 0.25) is 0 Å². The van der Waals surface area contributed by atoms with E-state index in [0.29, 0.717) is 6.61 Å². The molecule has 0 spiro atoms. The van der Waals surface area contributed by atoms with Gasteiger partial charge in [0.15, 0.2) is 0 Å². The van der Waals surface area contributed by atoms with E-state index in [9.17, 15) is 4.79 Å². The minimum Gasteiger partial charge on any atom is -0.497 e. The minimum atomic E-state index is -0.191. The fourth-order valence-corrected chi connectivity index (χ4v) is 3.70. The van der Waals surface area contributed by atoms with Crippen molar-refractivity contribution in [2.75, 3.05) is 13.7 Å². The number of nitrogens with zero attached hydrogens (tertiary/aromatic N) is 1. The standard InChI is InChI=1S/C16H17NO3S/c1-3-20-16(18)12-8-9-13-14(12)17-15(21-13)10-4-6-11(19-2)7-5-10/h4-7,12H,3,8-9H2,1-2H3. The average molecular weight is 303 g/mol. The van der Waals surface area contributed by atoms with Crippen molar-refractivity contribution in [1.29, 1.82) is 0 Å². The number of aryl methyl sites for hydroxylation is 1. The van der Waals surface area contributed by atoms with Crippen LogP contribution in [0, 0.1) is 0 Å². The number of hydrogen-bond acceptors (Lipinski definition) is 5. The summed E-state index contributed by atoms with van der Waals surface area (Å²) < 4.78 is 10.3. The Bertz CT molecular complexity index is 648. The number of thiazole rings is 1. The van der Waals surface area contributed by atoms with E-state index in [0.717, 1.165) is 34.9 Å². The molecule has 5 heteroatoms. The molecule has 1 aliphatic rings. The molecule has 1 atom stereocenters. The number of hydrogen-bond donors (Lipinski definition) is 0. The second kappa shape index (κ2) is 5.85. The van der Waals surface area contributed by atoms with Crippen LogP contribution in [0.15, 0.2) is 24.3 Å². The van der Waals surface area contributed by atoms with Crippen molar-refractivity contribution in [2.45, 2.75) is 25.7 Å². The van der Waals surface area contributed by atoms with Gasteiger partial charge in [-0.25, -0.2) is 4.98 Å². The molecule has 21 heavy (non-hydrogen) atoms. The number of methoxy groups -OCH3 is 1. The largest absolute Gasteiger partial charge is 0.497 e. The summed E-state index contributed by atoms with van der Waals surface area (Å²) in [6, 6.07) is 7.83. The van der Waals surface area contributed by atoms with Gasteiger partial charge >= 0.3 is 5.97 Å². The van der Waals surface area contributed by atoms with Crippen molar-refractivity contribution in [3.63, 3.8) is 0 Å². The van der Waals surface area contributed by atoms with Crippen molar-refractivity contribution in [3.8, 4) is 16.3 Å². The van der Waals surface area contributed by atoms with E-state index in [2.05, 4.69) is 4.98 Å². The topological polar surface area (TPSA) is 48.4 Å². The summed E-state index contributed by atoms with van der Waals surface area (Å²) in [6.45, 7) is 2.25. The maximum Gasteiger partial charge on any atom is 0.315 e. The molecule has 0 N–H and O–H groups in total. The highest BCUT2D eigenvalue weighted by atomic mass is 32.1. The molecule has 1 unspecified atom stereocenters. The van der Waals surface area contributed by atoms with E-state index in [-0.39, 0.29) is 11.9 Å². The predicted molar refractivity (Wildman–Crippen MR) is 81.8 cm³/mol. The van der Waals surface area contributed by atoms with Gasteiger partial charge in [-0.05, 0) is 44.0 Å². The molecule has 0 saturated carbocycles. The molecule has 0 amide bonds. The molecule has 1 aromatic carbocycles. The van der Waals surface area contributed by atoms with Crippen LogP contribution < -0.4 is 4.74 Å². The lowest BCUT2D eigenvalue weighted by atomic mass is 10.1. The van der Waals surface area contributed by atoms with Gasteiger partial charge in [-0.1, -0.05) is 0 Å². The van der Waals surface area contributed by atoms with Gasteiger partial charge in [-0.3, -0.25) is 4.79 Å². The second-order valence-corrected chi connectivity index (χ2v) is 5.98. The molecule has 0 bridgehead atoms. The third kappa shape index (κ3) is 2.65. The molecule has 1 aromatic heterocycles. The van der Waals surface area contributed by atoms with Crippen molar-refractivity contribution in [1.82, 2.24) is 4.98 Å². The Hall–Kier alpha value is -1.88. The van der Waals surface area contributed by atoms with Crippen LogP contribution in [0.2, 0.25) is 0 Å². The monoisotopic (exact) mass is 303 g/mol. The first-order chi connectivity index (χ1) is 10.2. The van der Waals surface area contributed by atoms with Crippen LogP contribution in [0.25, 0.3) is 10.6 Å². The summed E-state index contributed by atoms with van der Waals surface area (Å²) in [7, 11) is 1.65. The van der Waals surface area contributed by atoms with Crippen molar-refractivity contribution in [3.05, 3.63) is 34.8 Å². The zero-order chi connectivity index (χ0) is 14.8. The zero-order valence-corrected chi connectivity index (χ0v) is 12.9. The molecule has 1 aliphatic carbocycles. The smallest absolute Gasteiger partial charge is 0.315 e. The van der Waals surface area contributed by atoms with Crippen molar-refractivity contribution in [2.24, 2.45) is 0 Å². The van der Waals surface area contributed by atoms with Crippen LogP contribution in [-0.4, -0.2) is 24.7 Å². The Balaban J connectivity index is 1.87. The maximum absolute atomic E-state index is 12.0. The first-order valence-corrected chi connectivity index (χ1v) is 7.85. The molecular formula is C16H17NO3S. The third-order valence-electron chi connectivity index (χ3n) is 3.63. The van der Waals surface area contributed by atoms with Gasteiger partial charge in [0.05, 0.1) is 19.4 Å². The van der Waals surface area contributed by atoms with Gasteiger partial charge < -0.3 is 9.47 Å². The molecule has 0 fully saturated rings. The number of rotatable bonds is 4. The molecule has 0 saturated heterocycles. The first-order valence-electron chi connectivity index (χ1n) is 7.03. The summed E-state index contributed by atoms with van der Waals surface area (Å²) in [5, 5.41) is 0.955. The van der Waals surface area contributed by atoms with Crippen LogP contribution >= 0.6 is 11.3 Å². The lowest BCUT2D eigenvalue weighted by molar-refractivity contribution is -0.145. The van der Waals surface area contributed by atoms with E-state index < -0.39 is 0 Å². The predicted octanol–water partition coefficient (Wildman–Crippen LogP) is 3.41. The molecule has 0 radical (unpaired) electrons. The maximum atomic E-state index is 12.0. The number of benzene rings is 1. The lowest BCUT2D eigenvalue weighted by Crippen LogP contribution is -2.14. The second-order valence-electron chi connectivity index (χ2n) is 4.90. The van der Waals surface area contributed by atoms with E-state index in [4.69, 9.17) is 9.47 Å². The zero-order valence-electron chi connectivity index (χ0n) is 12.1. The third-order valence-corrected chi connectivity index (χ3v) is 4.81. The fourth-order valence-electron chi connectivity index (χ4n) is 2.56. The number of aromatic nitrogens is 1. The van der Waals surface area contributed by atoms with E-state index in [1.807, 2.05) is 31.2 Å². The van der Waals surface area contributed by atoms with E-state index in [1.54, 1.807) is 18.4 Å². The van der Waals surface area contributed by atoms with Crippen LogP contribution in [0.4, 0.5) is 0 Å². The van der Waals surface area contributed by atoms with E-state index >= 15 is 0 Å². The summed E-state index contributed by atoms with van der Waals surface area (Å²) in [6.07, 6.45) is 1.72. The van der Waals surface area contributed by atoms with Gasteiger partial charge in [-0.15, -0.1) is 11.3 Å². The van der Waals surface area contributed by atoms with Crippen LogP contribution in [-0.2, 0) is 16.0 Å². The van der Waals surface area contributed by atoms with Crippen LogP contribution in [0.5, 0.6) is 5.75 Å². The highest BCUT2D eigenvalue weighted by molar-refractivity contribution is 7.15. The number of esters is 1. The molecule has 3 rings (SSSR count). The van der Waals surface area contributed by atoms with Crippen molar-refractivity contribution < 1.29 is 14.3 Å². The Morgan fingerprint density at radius 1 is 1.38 bits per heavy atom. The first kappa shape index (κ1) is 14.1. The average Bonchev–Trinajstić information content (AvgIpc) is 3.07. The van der Waals surface area contributed by atoms with Gasteiger partial charge in [-0.2, -0.15) is 0 Å². The highest BCUT2D eigenvalue weighted by Gasteiger charge is 2.33. The minimum absolute atomic E-state index is 0.150. The van der Waals surface area contributed by atoms with Crippen LogP contribution in [0.3, 0.4) is 0 Å². The molecule has 110 valence electrons. The summed E-state index contributed by atoms with van der Waals surface area (Å²) in [5.41, 5.74) is 1.96. The molecular weight excluding hydrogens is 286 g/mol. The Labute approximate surface area is 127 Å². The Morgan fingerprint density at radius 2 is 2.14 bits per heavy atom. The molecule has 4 nitrogen and oxygen atoms in total. The van der Waals surface area contributed by atoms with Gasteiger partial charge in [0, 0.05) is 10.4 Å². The van der Waals surface area contributed by atoms with Crippen molar-refractivity contribution >= 4 is 17.3 Å². The number of carbonyl (C=O) groups excluding carboxylic acids is 1. The highest BCUT2D eigenvalue weighted by Crippen LogP contribution is 2.40. The van der Waals surface area contributed by atoms with Gasteiger partial charge in [0.25, 0.3) is 0 Å². The normalized spacial score (nSPS) is 16.6. The Kier molecular flexibility index (Phi) is 3.92. The molecule has 1 heterocycles. The van der Waals surface area contributed by atoms with E-state index in [1.165, 1.54) is 4.88 Å². The number of ether oxygens (including phenoxy) is 2. The molecule has 2 aromatic rings. The summed E-state index contributed by atoms with van der Waals surface area (Å²) >= 11 is 1.67. The SMILES string of the molecule is CCOC(=O)C1CCc2sc(-c3ccc(OC)cc3)nc21. The van der Waals surface area contributed by atoms with Gasteiger partial charge in [0.1, 0.15) is 16.7 Å². The lowest BCUT2D eigenvalue weighted by Gasteiger charge is -2.07. The molecule has 0 aliphatic heterocycles. The summed E-state index contributed by atoms with van der Waals surface area (Å²) in [4.78, 5) is 17.8. The Morgan fingerprint density at radius 3 is 2.81 bits per heavy atom. The quantitative estimate of drug-likeness (QED) is 0.812. The number of fused-ring (bicyclic) bond motifs is 1. The fraction of sp³-hybridized carbons (Fsp3) is 0.375.